The maximum absolute atomic E-state index is 13.2. The van der Waals surface area contributed by atoms with Crippen LogP contribution in [0.5, 0.6) is 0 Å². The average Bonchev–Trinajstić information content (AvgIpc) is 2.70. The zero-order chi connectivity index (χ0) is 28.0. The summed E-state index contributed by atoms with van der Waals surface area (Å²) in [5.41, 5.74) is -4.45. The summed E-state index contributed by atoms with van der Waals surface area (Å²) in [6.45, 7) is 8.11. The van der Waals surface area contributed by atoms with E-state index in [1.54, 1.807) is 20.8 Å². The number of carbonyl (C=O) groups excluding carboxylic acids is 3. The third kappa shape index (κ3) is 5.69. The van der Waals surface area contributed by atoms with Gasteiger partial charge in [-0.15, -0.1) is 0 Å². The molecule has 204 valence electrons. The van der Waals surface area contributed by atoms with E-state index in [1.165, 1.54) is 26.0 Å². The quantitative estimate of drug-likeness (QED) is 0.239. The van der Waals surface area contributed by atoms with E-state index >= 15 is 0 Å². The van der Waals surface area contributed by atoms with Crippen LogP contribution in [0, 0.1) is 15.5 Å². The van der Waals surface area contributed by atoms with Gasteiger partial charge in [-0.3, -0.25) is 14.9 Å². The number of sulfonamides is 1. The van der Waals surface area contributed by atoms with E-state index in [0.29, 0.717) is 0 Å². The van der Waals surface area contributed by atoms with E-state index in [9.17, 15) is 32.9 Å². The zero-order valence-corrected chi connectivity index (χ0v) is 22.4. The molecule has 3 aliphatic carbocycles. The number of hydrogen-bond acceptors (Lipinski definition) is 9. The van der Waals surface area contributed by atoms with Gasteiger partial charge in [-0.2, -0.15) is 0 Å². The number of nitro benzene ring substituents is 1. The van der Waals surface area contributed by atoms with Gasteiger partial charge in [0.2, 0.25) is 15.9 Å². The van der Waals surface area contributed by atoms with Crippen molar-refractivity contribution in [1.82, 2.24) is 15.4 Å². The van der Waals surface area contributed by atoms with Gasteiger partial charge in [0.05, 0.1) is 23.0 Å². The molecular weight excluding hydrogens is 508 g/mol. The van der Waals surface area contributed by atoms with Crippen LogP contribution < -0.4 is 15.4 Å². The molecule has 13 nitrogen and oxygen atoms in total. The fourth-order valence-corrected chi connectivity index (χ4v) is 6.46. The first kappa shape index (κ1) is 28.3. The third-order valence-electron chi connectivity index (χ3n) is 6.47. The summed E-state index contributed by atoms with van der Waals surface area (Å²) in [6.07, 6.45) is -0.326. The van der Waals surface area contributed by atoms with Crippen LogP contribution in [0.2, 0.25) is 0 Å². The molecule has 0 spiro atoms. The van der Waals surface area contributed by atoms with E-state index in [-0.39, 0.29) is 19.3 Å². The fraction of sp³-hybridized carbons (Fsp3) is 0.609. The van der Waals surface area contributed by atoms with Gasteiger partial charge in [0.1, 0.15) is 11.6 Å². The Hall–Kier alpha value is -3.26. The van der Waals surface area contributed by atoms with Gasteiger partial charge in [0.25, 0.3) is 5.69 Å². The highest BCUT2D eigenvalue weighted by molar-refractivity contribution is 7.89. The number of nitro groups is 1. The molecule has 3 saturated carbocycles. The fourth-order valence-electron chi connectivity index (χ4n) is 4.89. The van der Waals surface area contributed by atoms with E-state index in [0.717, 1.165) is 19.2 Å². The zero-order valence-electron chi connectivity index (χ0n) is 21.5. The molecule has 4 rings (SSSR count). The van der Waals surface area contributed by atoms with Crippen molar-refractivity contribution in [2.24, 2.45) is 5.41 Å². The minimum Gasteiger partial charge on any atom is -0.467 e. The largest absolute Gasteiger partial charge is 0.467 e. The molecule has 0 radical (unpaired) electrons. The number of nitrogens with zero attached hydrogens (tertiary/aromatic N) is 1. The molecule has 1 atom stereocenters. The first-order chi connectivity index (χ1) is 16.9. The molecule has 14 heteroatoms. The van der Waals surface area contributed by atoms with Crippen LogP contribution in [0.3, 0.4) is 0 Å². The first-order valence-electron chi connectivity index (χ1n) is 11.5. The van der Waals surface area contributed by atoms with Crippen molar-refractivity contribution in [3.8, 4) is 0 Å². The third-order valence-corrected chi connectivity index (χ3v) is 8.10. The molecule has 37 heavy (non-hydrogen) atoms. The van der Waals surface area contributed by atoms with Gasteiger partial charge in [0, 0.05) is 11.6 Å². The minimum atomic E-state index is -4.22. The molecule has 2 bridgehead atoms. The van der Waals surface area contributed by atoms with Crippen LogP contribution >= 0.6 is 0 Å². The molecule has 3 aliphatic rings. The topological polar surface area (TPSA) is 183 Å². The second kappa shape index (κ2) is 9.24. The molecule has 0 heterocycles. The summed E-state index contributed by atoms with van der Waals surface area (Å²) in [5.74, 6) is -1.28. The molecule has 0 saturated heterocycles. The number of esters is 1. The standard InChI is InChI=1S/C23H32N4O9S/c1-20(2,3)36-19(30)25-21(4,5)16(17(28)35-6)24-18(29)22-11-23(12-22,13-22)26-37(33,34)15-10-8-7-9-14(15)27(31)32/h7-10,16,26H,11-13H2,1-6H3,(H,24,29)(H,25,30)/t16-,22?,23?/m0/s1. The molecule has 1 aromatic rings. The lowest BCUT2D eigenvalue weighted by molar-refractivity contribution is -0.387. The summed E-state index contributed by atoms with van der Waals surface area (Å²) in [6, 6.07) is 3.75. The molecule has 0 unspecified atom stereocenters. The SMILES string of the molecule is COC(=O)[C@H](NC(=O)C12CC(NS(=O)(=O)c3ccccc3[N+](=O)[O-])(C1)C2)C(C)(C)NC(=O)OC(C)(C)C. The summed E-state index contributed by atoms with van der Waals surface area (Å²) in [5, 5.41) is 16.5. The maximum atomic E-state index is 13.2. The summed E-state index contributed by atoms with van der Waals surface area (Å²) >= 11 is 0. The highest BCUT2D eigenvalue weighted by Crippen LogP contribution is 2.67. The van der Waals surface area contributed by atoms with Gasteiger partial charge in [-0.1, -0.05) is 12.1 Å². The Morgan fingerprint density at radius 2 is 1.65 bits per heavy atom. The Morgan fingerprint density at radius 1 is 1.08 bits per heavy atom. The molecule has 2 amide bonds. The number of nitrogens with one attached hydrogen (secondary N) is 3. The smallest absolute Gasteiger partial charge is 0.408 e. The van der Waals surface area contributed by atoms with Crippen molar-refractivity contribution < 1.29 is 37.2 Å². The molecule has 0 aromatic heterocycles. The van der Waals surface area contributed by atoms with E-state index < -0.39 is 71.6 Å². The van der Waals surface area contributed by atoms with Crippen LogP contribution in [0.1, 0.15) is 53.9 Å². The number of carbonyl (C=O) groups is 3. The average molecular weight is 541 g/mol. The highest BCUT2D eigenvalue weighted by atomic mass is 32.2. The molecule has 0 aliphatic heterocycles. The minimum absolute atomic E-state index is 0.152. The Balaban J connectivity index is 1.68. The van der Waals surface area contributed by atoms with Crippen LogP contribution in [0.25, 0.3) is 0 Å². The molecule has 3 N–H and O–H groups in total. The van der Waals surface area contributed by atoms with Crippen molar-refractivity contribution in [2.45, 2.75) is 81.5 Å². The maximum Gasteiger partial charge on any atom is 0.408 e. The van der Waals surface area contributed by atoms with Crippen molar-refractivity contribution in [3.05, 3.63) is 34.4 Å². The molecule has 3 fully saturated rings. The Bertz CT molecular complexity index is 1220. The van der Waals surface area contributed by atoms with Gasteiger partial charge in [-0.05, 0) is 59.9 Å². The van der Waals surface area contributed by atoms with E-state index in [2.05, 4.69) is 15.4 Å². The monoisotopic (exact) mass is 540 g/mol. The lowest BCUT2D eigenvalue weighted by Crippen LogP contribution is -2.79. The normalized spacial score (nSPS) is 23.5. The van der Waals surface area contributed by atoms with Crippen LogP contribution in [-0.2, 0) is 29.1 Å². The van der Waals surface area contributed by atoms with Crippen LogP contribution in [0.4, 0.5) is 10.5 Å². The van der Waals surface area contributed by atoms with Crippen molar-refractivity contribution in [1.29, 1.82) is 0 Å². The lowest BCUT2D eigenvalue weighted by Gasteiger charge is -2.69. The second-order valence-corrected chi connectivity index (χ2v) is 12.9. The molecular formula is C23H32N4O9S. The van der Waals surface area contributed by atoms with Gasteiger partial charge in [-0.25, -0.2) is 22.7 Å². The predicted octanol–water partition coefficient (Wildman–Crippen LogP) is 1.76. The molecule has 1 aromatic carbocycles. The van der Waals surface area contributed by atoms with E-state index in [1.807, 2.05) is 0 Å². The number of para-hydroxylation sites is 1. The summed E-state index contributed by atoms with van der Waals surface area (Å²) in [7, 11) is -3.07. The van der Waals surface area contributed by atoms with Gasteiger partial charge < -0.3 is 20.1 Å². The highest BCUT2D eigenvalue weighted by Gasteiger charge is 2.73. The Labute approximate surface area is 214 Å². The van der Waals surface area contributed by atoms with Crippen molar-refractivity contribution >= 4 is 33.7 Å². The van der Waals surface area contributed by atoms with Gasteiger partial charge >= 0.3 is 12.1 Å². The van der Waals surface area contributed by atoms with Gasteiger partial charge in [0.15, 0.2) is 4.90 Å². The van der Waals surface area contributed by atoms with E-state index in [4.69, 9.17) is 9.47 Å². The number of amides is 2. The van der Waals surface area contributed by atoms with Crippen LogP contribution in [0.15, 0.2) is 29.2 Å². The predicted molar refractivity (Wildman–Crippen MR) is 130 cm³/mol. The number of ether oxygens (including phenoxy) is 2. The number of hydrogen-bond donors (Lipinski definition) is 3. The summed E-state index contributed by atoms with van der Waals surface area (Å²) < 4.78 is 38.3. The Kier molecular flexibility index (Phi) is 7.07. The number of rotatable bonds is 9. The lowest BCUT2D eigenvalue weighted by atomic mass is 9.39. The second-order valence-electron chi connectivity index (χ2n) is 11.2. The van der Waals surface area contributed by atoms with Crippen LogP contribution in [-0.4, -0.2) is 61.1 Å². The summed E-state index contributed by atoms with van der Waals surface area (Å²) in [4.78, 5) is 48.0. The number of alkyl carbamates (subject to hydrolysis) is 1. The number of benzene rings is 1. The Morgan fingerprint density at radius 3 is 2.16 bits per heavy atom. The van der Waals surface area contributed by atoms with Crippen molar-refractivity contribution in [2.75, 3.05) is 7.11 Å². The van der Waals surface area contributed by atoms with Crippen molar-refractivity contribution in [3.63, 3.8) is 0 Å². The first-order valence-corrected chi connectivity index (χ1v) is 13.0. The number of methoxy groups -OCH3 is 1.